The van der Waals surface area contributed by atoms with E-state index >= 15 is 0 Å². The summed E-state index contributed by atoms with van der Waals surface area (Å²) in [4.78, 5) is 0. The summed E-state index contributed by atoms with van der Waals surface area (Å²) in [7, 11) is 0. The van der Waals surface area contributed by atoms with Crippen molar-refractivity contribution in [3.05, 3.63) is 29.3 Å². The number of aliphatic hydroxyl groups is 1. The van der Waals surface area contributed by atoms with E-state index in [-0.39, 0.29) is 19.3 Å². The molecule has 0 saturated carbocycles. The molecule has 1 aromatic carbocycles. The van der Waals surface area contributed by atoms with E-state index in [1.165, 1.54) is 12.1 Å². The maximum absolute atomic E-state index is 13.5. The second-order valence-electron chi connectivity index (χ2n) is 4.00. The third kappa shape index (κ3) is 4.28. The molecular weight excluding hydrogens is 228 g/mol. The fourth-order valence-corrected chi connectivity index (χ4v) is 1.32. The van der Waals surface area contributed by atoms with Gasteiger partial charge in [0.05, 0.1) is 6.61 Å². The van der Waals surface area contributed by atoms with Gasteiger partial charge in [-0.3, -0.25) is 0 Å². The quantitative estimate of drug-likeness (QED) is 0.803. The van der Waals surface area contributed by atoms with Gasteiger partial charge in [-0.2, -0.15) is 0 Å². The maximum Gasteiger partial charge on any atom is 0.190 e. The van der Waals surface area contributed by atoms with Gasteiger partial charge in [0.2, 0.25) is 0 Å². The van der Waals surface area contributed by atoms with Crippen LogP contribution in [-0.4, -0.2) is 24.4 Å². The predicted molar refractivity (Wildman–Crippen MR) is 60.9 cm³/mol. The van der Waals surface area contributed by atoms with Crippen LogP contribution < -0.4 is 10.1 Å². The van der Waals surface area contributed by atoms with Crippen molar-refractivity contribution in [3.8, 4) is 5.75 Å². The second-order valence-corrected chi connectivity index (χ2v) is 4.00. The minimum atomic E-state index is -0.751. The molecule has 0 fully saturated rings. The molecule has 0 radical (unpaired) electrons. The standard InChI is InChI=1S/C12H17F2NO2/c1-8(2)15-7-9-5-10(13)12(11(14)6-9)17-4-3-16/h5-6,8,15-16H,3-4,7H2,1-2H3. The maximum atomic E-state index is 13.5. The first-order valence-electron chi connectivity index (χ1n) is 5.49. The van der Waals surface area contributed by atoms with Crippen LogP contribution in [0.3, 0.4) is 0 Å². The van der Waals surface area contributed by atoms with Crippen LogP contribution in [0.25, 0.3) is 0 Å². The average molecular weight is 245 g/mol. The van der Waals surface area contributed by atoms with Gasteiger partial charge in [0.25, 0.3) is 0 Å². The molecule has 1 aromatic rings. The minimum Gasteiger partial charge on any atom is -0.485 e. The van der Waals surface area contributed by atoms with Gasteiger partial charge < -0.3 is 15.2 Å². The van der Waals surface area contributed by atoms with Crippen molar-refractivity contribution in [1.82, 2.24) is 5.32 Å². The van der Waals surface area contributed by atoms with Crippen molar-refractivity contribution >= 4 is 0 Å². The average Bonchev–Trinajstić information content (AvgIpc) is 2.25. The van der Waals surface area contributed by atoms with Crippen LogP contribution in [0, 0.1) is 11.6 Å². The smallest absolute Gasteiger partial charge is 0.190 e. The monoisotopic (exact) mass is 245 g/mol. The number of ether oxygens (including phenoxy) is 1. The molecule has 1 rings (SSSR count). The molecule has 5 heteroatoms. The summed E-state index contributed by atoms with van der Waals surface area (Å²) in [5.41, 5.74) is 0.519. The van der Waals surface area contributed by atoms with Crippen molar-refractivity contribution in [3.63, 3.8) is 0 Å². The molecule has 0 heterocycles. The number of halogens is 2. The zero-order valence-corrected chi connectivity index (χ0v) is 9.96. The van der Waals surface area contributed by atoms with Crippen molar-refractivity contribution in [2.75, 3.05) is 13.2 Å². The topological polar surface area (TPSA) is 41.5 Å². The molecule has 0 unspecified atom stereocenters. The molecular formula is C12H17F2NO2. The molecule has 0 bridgehead atoms. The van der Waals surface area contributed by atoms with Crippen LogP contribution >= 0.6 is 0 Å². The van der Waals surface area contributed by atoms with Crippen molar-refractivity contribution in [1.29, 1.82) is 0 Å². The van der Waals surface area contributed by atoms with Gasteiger partial charge in [-0.05, 0) is 17.7 Å². The second kappa shape index (κ2) is 6.51. The lowest BCUT2D eigenvalue weighted by molar-refractivity contribution is 0.191. The highest BCUT2D eigenvalue weighted by atomic mass is 19.1. The van der Waals surface area contributed by atoms with E-state index in [9.17, 15) is 8.78 Å². The van der Waals surface area contributed by atoms with E-state index < -0.39 is 17.4 Å². The Bertz CT molecular complexity index is 347. The molecule has 0 saturated heterocycles. The van der Waals surface area contributed by atoms with Gasteiger partial charge >= 0.3 is 0 Å². The Morgan fingerprint density at radius 2 is 1.88 bits per heavy atom. The van der Waals surface area contributed by atoms with Crippen LogP contribution in [0.1, 0.15) is 19.4 Å². The number of nitrogens with one attached hydrogen (secondary N) is 1. The molecule has 0 atom stereocenters. The number of aliphatic hydroxyl groups excluding tert-OH is 1. The number of hydrogen-bond donors (Lipinski definition) is 2. The summed E-state index contributed by atoms with van der Waals surface area (Å²) in [6.45, 7) is 3.88. The van der Waals surface area contributed by atoms with Crippen LogP contribution in [0.4, 0.5) is 8.78 Å². The molecule has 0 amide bonds. The Labute approximate surface area is 99.4 Å². The van der Waals surface area contributed by atoms with Gasteiger partial charge in [-0.1, -0.05) is 13.8 Å². The summed E-state index contributed by atoms with van der Waals surface area (Å²) in [5.74, 6) is -1.94. The third-order valence-corrected chi connectivity index (χ3v) is 2.11. The van der Waals surface area contributed by atoms with Crippen LogP contribution in [0.5, 0.6) is 5.75 Å². The first kappa shape index (κ1) is 13.9. The Kier molecular flexibility index (Phi) is 5.31. The minimum absolute atomic E-state index is 0.128. The zero-order valence-electron chi connectivity index (χ0n) is 9.96. The summed E-state index contributed by atoms with van der Waals surface area (Å²) in [5, 5.41) is 11.6. The number of rotatable bonds is 6. The third-order valence-electron chi connectivity index (χ3n) is 2.11. The predicted octanol–water partition coefficient (Wildman–Crippen LogP) is 1.83. The SMILES string of the molecule is CC(C)NCc1cc(F)c(OCCO)c(F)c1. The van der Waals surface area contributed by atoms with E-state index in [1.54, 1.807) is 0 Å². The Morgan fingerprint density at radius 3 is 2.35 bits per heavy atom. The largest absolute Gasteiger partial charge is 0.485 e. The normalized spacial score (nSPS) is 10.9. The van der Waals surface area contributed by atoms with E-state index in [2.05, 4.69) is 5.32 Å². The number of benzene rings is 1. The molecule has 17 heavy (non-hydrogen) atoms. The first-order chi connectivity index (χ1) is 8.04. The van der Waals surface area contributed by atoms with Gasteiger partial charge in [-0.25, -0.2) is 8.78 Å². The van der Waals surface area contributed by atoms with Gasteiger partial charge in [0.1, 0.15) is 6.61 Å². The summed E-state index contributed by atoms with van der Waals surface area (Å²) >= 11 is 0. The van der Waals surface area contributed by atoms with Crippen LogP contribution in [-0.2, 0) is 6.54 Å². The molecule has 0 aliphatic rings. The van der Waals surface area contributed by atoms with E-state index in [1.807, 2.05) is 13.8 Å². The van der Waals surface area contributed by atoms with Crippen molar-refractivity contribution in [2.24, 2.45) is 0 Å². The Morgan fingerprint density at radius 1 is 1.29 bits per heavy atom. The molecule has 0 aliphatic heterocycles. The van der Waals surface area contributed by atoms with E-state index in [0.29, 0.717) is 12.1 Å². The van der Waals surface area contributed by atoms with E-state index in [0.717, 1.165) is 0 Å². The van der Waals surface area contributed by atoms with Gasteiger partial charge in [0, 0.05) is 12.6 Å². The Balaban J connectivity index is 2.78. The zero-order chi connectivity index (χ0) is 12.8. The summed E-state index contributed by atoms with van der Waals surface area (Å²) in [6, 6.07) is 2.70. The lowest BCUT2D eigenvalue weighted by Gasteiger charge is -2.11. The summed E-state index contributed by atoms with van der Waals surface area (Å²) in [6.07, 6.45) is 0. The molecule has 0 spiro atoms. The fourth-order valence-electron chi connectivity index (χ4n) is 1.32. The molecule has 96 valence electrons. The summed E-state index contributed by atoms with van der Waals surface area (Å²) < 4.78 is 31.7. The highest BCUT2D eigenvalue weighted by Crippen LogP contribution is 2.23. The fraction of sp³-hybridized carbons (Fsp3) is 0.500. The van der Waals surface area contributed by atoms with Crippen LogP contribution in [0.15, 0.2) is 12.1 Å². The molecule has 3 nitrogen and oxygen atoms in total. The lowest BCUT2D eigenvalue weighted by Crippen LogP contribution is -2.22. The van der Waals surface area contributed by atoms with Gasteiger partial charge in [-0.15, -0.1) is 0 Å². The lowest BCUT2D eigenvalue weighted by atomic mass is 10.2. The highest BCUT2D eigenvalue weighted by molar-refractivity contribution is 5.31. The Hall–Kier alpha value is -1.20. The first-order valence-corrected chi connectivity index (χ1v) is 5.49. The molecule has 0 aromatic heterocycles. The molecule has 2 N–H and O–H groups in total. The van der Waals surface area contributed by atoms with E-state index in [4.69, 9.17) is 9.84 Å². The van der Waals surface area contributed by atoms with Crippen LogP contribution in [0.2, 0.25) is 0 Å². The van der Waals surface area contributed by atoms with Crippen molar-refractivity contribution in [2.45, 2.75) is 26.4 Å². The number of hydrogen-bond acceptors (Lipinski definition) is 3. The molecule has 0 aliphatic carbocycles. The van der Waals surface area contributed by atoms with Crippen molar-refractivity contribution < 1.29 is 18.6 Å². The van der Waals surface area contributed by atoms with Gasteiger partial charge in [0.15, 0.2) is 17.4 Å². The highest BCUT2D eigenvalue weighted by Gasteiger charge is 2.12.